The van der Waals surface area contributed by atoms with Crippen molar-refractivity contribution in [3.05, 3.63) is 23.8 Å². The number of aromatic hydroxyl groups is 1. The van der Waals surface area contributed by atoms with Gasteiger partial charge in [-0.05, 0) is 18.6 Å². The van der Waals surface area contributed by atoms with Crippen LogP contribution in [0.2, 0.25) is 0 Å². The monoisotopic (exact) mass is 178 g/mol. The third kappa shape index (κ3) is 1.48. The summed E-state index contributed by atoms with van der Waals surface area (Å²) in [5.41, 5.74) is 0.973. The van der Waals surface area contributed by atoms with Crippen LogP contribution in [0, 0.1) is 0 Å². The highest BCUT2D eigenvalue weighted by Crippen LogP contribution is 2.36. The highest BCUT2D eigenvalue weighted by atomic mass is 16.5. The minimum absolute atomic E-state index is 0.272. The van der Waals surface area contributed by atoms with E-state index in [9.17, 15) is 5.11 Å². The fourth-order valence-corrected chi connectivity index (χ4v) is 1.80. The number of rotatable bonds is 2. The van der Waals surface area contributed by atoms with Crippen molar-refractivity contribution in [2.45, 2.75) is 32.3 Å². The second-order valence-corrected chi connectivity index (χ2v) is 3.49. The standard InChI is InChI=1S/C11H14O2/c1-2-4-8-7-9-10(12)5-3-6-11(9)13-8/h3,5-6,8,12H,2,4,7H2,1H3. The smallest absolute Gasteiger partial charge is 0.126 e. The summed E-state index contributed by atoms with van der Waals surface area (Å²) in [5.74, 6) is 1.23. The highest BCUT2D eigenvalue weighted by molar-refractivity contribution is 5.46. The van der Waals surface area contributed by atoms with Crippen molar-refractivity contribution in [3.8, 4) is 11.5 Å². The Bertz CT molecular complexity index is 307. The van der Waals surface area contributed by atoms with Gasteiger partial charge in [0.15, 0.2) is 0 Å². The molecule has 1 atom stereocenters. The Balaban J connectivity index is 2.20. The molecule has 1 heterocycles. The lowest BCUT2D eigenvalue weighted by Crippen LogP contribution is -2.11. The Kier molecular flexibility index (Phi) is 2.13. The van der Waals surface area contributed by atoms with Crippen molar-refractivity contribution >= 4 is 0 Å². The van der Waals surface area contributed by atoms with E-state index < -0.39 is 0 Å². The van der Waals surface area contributed by atoms with Gasteiger partial charge >= 0.3 is 0 Å². The number of fused-ring (bicyclic) bond motifs is 1. The molecule has 0 bridgehead atoms. The Morgan fingerprint density at radius 2 is 2.38 bits per heavy atom. The predicted octanol–water partition coefficient (Wildman–Crippen LogP) is 2.50. The van der Waals surface area contributed by atoms with E-state index in [1.807, 2.05) is 12.1 Å². The Labute approximate surface area is 78.2 Å². The second-order valence-electron chi connectivity index (χ2n) is 3.49. The third-order valence-electron chi connectivity index (χ3n) is 2.44. The van der Waals surface area contributed by atoms with Crippen LogP contribution >= 0.6 is 0 Å². The molecule has 0 saturated carbocycles. The van der Waals surface area contributed by atoms with Crippen LogP contribution in [-0.2, 0) is 6.42 Å². The number of phenolic OH excluding ortho intramolecular Hbond substituents is 1. The molecule has 2 heteroatoms. The molecule has 1 unspecified atom stereocenters. The fourth-order valence-electron chi connectivity index (χ4n) is 1.80. The maximum absolute atomic E-state index is 9.54. The summed E-state index contributed by atoms with van der Waals surface area (Å²) in [7, 11) is 0. The summed E-state index contributed by atoms with van der Waals surface area (Å²) in [6.07, 6.45) is 3.32. The molecule has 0 radical (unpaired) electrons. The first-order valence-electron chi connectivity index (χ1n) is 4.78. The molecular weight excluding hydrogens is 164 g/mol. The van der Waals surface area contributed by atoms with E-state index in [0.29, 0.717) is 5.75 Å². The fraction of sp³-hybridized carbons (Fsp3) is 0.455. The van der Waals surface area contributed by atoms with Crippen LogP contribution in [0.15, 0.2) is 18.2 Å². The first-order valence-corrected chi connectivity index (χ1v) is 4.78. The third-order valence-corrected chi connectivity index (χ3v) is 2.44. The molecular formula is C11H14O2. The topological polar surface area (TPSA) is 29.5 Å². The molecule has 13 heavy (non-hydrogen) atoms. The normalized spacial score (nSPS) is 19.6. The van der Waals surface area contributed by atoms with Gasteiger partial charge < -0.3 is 9.84 Å². The molecule has 0 aromatic heterocycles. The zero-order chi connectivity index (χ0) is 9.26. The van der Waals surface area contributed by atoms with E-state index in [4.69, 9.17) is 4.74 Å². The summed E-state index contributed by atoms with van der Waals surface area (Å²) in [6.45, 7) is 2.15. The van der Waals surface area contributed by atoms with Gasteiger partial charge in [-0.15, -0.1) is 0 Å². The number of ether oxygens (including phenoxy) is 1. The number of hydrogen-bond donors (Lipinski definition) is 1. The van der Waals surface area contributed by atoms with Crippen LogP contribution in [0.5, 0.6) is 11.5 Å². The molecule has 0 amide bonds. The molecule has 70 valence electrons. The number of benzene rings is 1. The average Bonchev–Trinajstić information content (AvgIpc) is 2.49. The van der Waals surface area contributed by atoms with E-state index in [2.05, 4.69) is 6.92 Å². The summed E-state index contributed by atoms with van der Waals surface area (Å²) in [4.78, 5) is 0. The van der Waals surface area contributed by atoms with E-state index in [1.54, 1.807) is 6.07 Å². The largest absolute Gasteiger partial charge is 0.508 e. The Morgan fingerprint density at radius 1 is 1.54 bits per heavy atom. The first-order chi connectivity index (χ1) is 6.31. The quantitative estimate of drug-likeness (QED) is 0.754. The van der Waals surface area contributed by atoms with Crippen molar-refractivity contribution in [1.82, 2.24) is 0 Å². The molecule has 0 spiro atoms. The number of phenols is 1. The van der Waals surface area contributed by atoms with Crippen LogP contribution in [0.3, 0.4) is 0 Å². The van der Waals surface area contributed by atoms with Gasteiger partial charge in [-0.3, -0.25) is 0 Å². The molecule has 0 aliphatic carbocycles. The maximum atomic E-state index is 9.54. The lowest BCUT2D eigenvalue weighted by Gasteiger charge is -2.07. The van der Waals surface area contributed by atoms with Gasteiger partial charge in [0.25, 0.3) is 0 Å². The van der Waals surface area contributed by atoms with Crippen molar-refractivity contribution in [2.24, 2.45) is 0 Å². The average molecular weight is 178 g/mol. The maximum Gasteiger partial charge on any atom is 0.126 e. The van der Waals surface area contributed by atoms with Crippen LogP contribution in [0.1, 0.15) is 25.3 Å². The SMILES string of the molecule is CCCC1Cc2c(O)cccc2O1. The lowest BCUT2D eigenvalue weighted by molar-refractivity contribution is 0.220. The van der Waals surface area contributed by atoms with Crippen molar-refractivity contribution in [2.75, 3.05) is 0 Å². The van der Waals surface area contributed by atoms with Crippen molar-refractivity contribution in [3.63, 3.8) is 0 Å². The number of hydrogen-bond acceptors (Lipinski definition) is 2. The van der Waals surface area contributed by atoms with Gasteiger partial charge in [-0.1, -0.05) is 19.4 Å². The summed E-state index contributed by atoms with van der Waals surface area (Å²) >= 11 is 0. The van der Waals surface area contributed by atoms with Crippen LogP contribution < -0.4 is 4.74 Å². The molecule has 2 rings (SSSR count). The molecule has 0 fully saturated rings. The van der Waals surface area contributed by atoms with Gasteiger partial charge in [0, 0.05) is 12.0 Å². The molecule has 1 N–H and O–H groups in total. The van der Waals surface area contributed by atoms with E-state index >= 15 is 0 Å². The zero-order valence-corrected chi connectivity index (χ0v) is 7.79. The molecule has 1 aromatic rings. The van der Waals surface area contributed by atoms with Crippen LogP contribution in [-0.4, -0.2) is 11.2 Å². The summed E-state index contributed by atoms with van der Waals surface area (Å²) in [5, 5.41) is 9.54. The predicted molar refractivity (Wildman–Crippen MR) is 51.1 cm³/mol. The van der Waals surface area contributed by atoms with Gasteiger partial charge in [0.1, 0.15) is 17.6 Å². The first kappa shape index (κ1) is 8.42. The van der Waals surface area contributed by atoms with E-state index in [1.165, 1.54) is 0 Å². The summed E-state index contributed by atoms with van der Waals surface area (Å²) < 4.78 is 5.67. The zero-order valence-electron chi connectivity index (χ0n) is 7.79. The minimum atomic E-state index is 0.272. The van der Waals surface area contributed by atoms with Gasteiger partial charge in [-0.25, -0.2) is 0 Å². The van der Waals surface area contributed by atoms with Crippen molar-refractivity contribution < 1.29 is 9.84 Å². The molecule has 0 saturated heterocycles. The molecule has 1 aromatic carbocycles. The summed E-state index contributed by atoms with van der Waals surface area (Å²) in [6, 6.07) is 5.46. The molecule has 2 nitrogen and oxygen atoms in total. The second kappa shape index (κ2) is 3.29. The Hall–Kier alpha value is -1.18. The van der Waals surface area contributed by atoms with Crippen molar-refractivity contribution in [1.29, 1.82) is 0 Å². The highest BCUT2D eigenvalue weighted by Gasteiger charge is 2.24. The minimum Gasteiger partial charge on any atom is -0.508 e. The van der Waals surface area contributed by atoms with Gasteiger partial charge in [0.2, 0.25) is 0 Å². The molecule has 1 aliphatic rings. The van der Waals surface area contributed by atoms with E-state index in [-0.39, 0.29) is 6.10 Å². The van der Waals surface area contributed by atoms with Crippen LogP contribution in [0.4, 0.5) is 0 Å². The lowest BCUT2D eigenvalue weighted by atomic mass is 10.1. The van der Waals surface area contributed by atoms with Gasteiger partial charge in [0.05, 0.1) is 0 Å². The van der Waals surface area contributed by atoms with E-state index in [0.717, 1.165) is 30.6 Å². The Morgan fingerprint density at radius 3 is 3.08 bits per heavy atom. The van der Waals surface area contributed by atoms with Crippen LogP contribution in [0.25, 0.3) is 0 Å². The molecule has 1 aliphatic heterocycles. The van der Waals surface area contributed by atoms with Gasteiger partial charge in [-0.2, -0.15) is 0 Å².